The zero-order valence-electron chi connectivity index (χ0n) is 14.1. The number of hydrogen-bond donors (Lipinski definition) is 0. The standard InChI is InChI=1S/C18H19F2N3O2/c1-11-9-17(22-12(2)21-11)25-14-5-7-23(8-6-14)18(24)15-4-3-13(19)10-16(15)20/h3-4,9-10,14H,5-8H2,1-2H3. The second kappa shape index (κ2) is 7.13. The van der Waals surface area contributed by atoms with Crippen LogP contribution in [-0.2, 0) is 0 Å². The molecule has 0 radical (unpaired) electrons. The highest BCUT2D eigenvalue weighted by atomic mass is 19.1. The lowest BCUT2D eigenvalue weighted by Crippen LogP contribution is -2.42. The number of aromatic nitrogens is 2. The van der Waals surface area contributed by atoms with Crippen LogP contribution in [0.1, 0.15) is 34.7 Å². The van der Waals surface area contributed by atoms with E-state index in [1.807, 2.05) is 6.92 Å². The van der Waals surface area contributed by atoms with Crippen LogP contribution in [0.25, 0.3) is 0 Å². The van der Waals surface area contributed by atoms with Crippen LogP contribution in [-0.4, -0.2) is 40.0 Å². The van der Waals surface area contributed by atoms with Crippen LogP contribution in [0, 0.1) is 25.5 Å². The normalized spacial score (nSPS) is 15.3. The van der Waals surface area contributed by atoms with Gasteiger partial charge in [0.1, 0.15) is 23.6 Å². The molecule has 5 nitrogen and oxygen atoms in total. The molecule has 1 aliphatic rings. The van der Waals surface area contributed by atoms with E-state index >= 15 is 0 Å². The number of likely N-dealkylation sites (tertiary alicyclic amines) is 1. The van der Waals surface area contributed by atoms with Gasteiger partial charge in [-0.3, -0.25) is 4.79 Å². The van der Waals surface area contributed by atoms with Crippen LogP contribution in [0.5, 0.6) is 5.88 Å². The first-order chi connectivity index (χ1) is 11.9. The van der Waals surface area contributed by atoms with Gasteiger partial charge in [0.15, 0.2) is 0 Å². The molecular weight excluding hydrogens is 328 g/mol. The summed E-state index contributed by atoms with van der Waals surface area (Å²) in [6.45, 7) is 4.57. The summed E-state index contributed by atoms with van der Waals surface area (Å²) in [6.07, 6.45) is 1.18. The molecule has 1 aromatic heterocycles. The number of carbonyl (C=O) groups excluding carboxylic acids is 1. The summed E-state index contributed by atoms with van der Waals surface area (Å²) in [7, 11) is 0. The van der Waals surface area contributed by atoms with Crippen LogP contribution in [0.4, 0.5) is 8.78 Å². The maximum absolute atomic E-state index is 13.8. The molecule has 0 atom stereocenters. The summed E-state index contributed by atoms with van der Waals surface area (Å²) >= 11 is 0. The van der Waals surface area contributed by atoms with E-state index in [1.165, 1.54) is 6.07 Å². The minimum Gasteiger partial charge on any atom is -0.474 e. The highest BCUT2D eigenvalue weighted by Crippen LogP contribution is 2.20. The first-order valence-electron chi connectivity index (χ1n) is 8.15. The zero-order valence-corrected chi connectivity index (χ0v) is 14.1. The lowest BCUT2D eigenvalue weighted by molar-refractivity contribution is 0.0583. The number of benzene rings is 1. The van der Waals surface area contributed by atoms with Gasteiger partial charge in [-0.05, 0) is 26.0 Å². The van der Waals surface area contributed by atoms with Gasteiger partial charge in [-0.1, -0.05) is 0 Å². The first kappa shape index (κ1) is 17.3. The van der Waals surface area contributed by atoms with Crippen molar-refractivity contribution in [2.24, 2.45) is 0 Å². The quantitative estimate of drug-likeness (QED) is 0.856. The fourth-order valence-electron chi connectivity index (χ4n) is 2.92. The average molecular weight is 347 g/mol. The van der Waals surface area contributed by atoms with Gasteiger partial charge in [0, 0.05) is 43.8 Å². The Labute approximate surface area is 144 Å². The molecule has 2 aromatic rings. The molecule has 0 aliphatic carbocycles. The van der Waals surface area contributed by atoms with E-state index in [2.05, 4.69) is 9.97 Å². The third kappa shape index (κ3) is 4.10. The van der Waals surface area contributed by atoms with Crippen molar-refractivity contribution in [3.05, 3.63) is 53.0 Å². The second-order valence-corrected chi connectivity index (χ2v) is 6.13. The Hall–Kier alpha value is -2.57. The maximum Gasteiger partial charge on any atom is 0.256 e. The van der Waals surface area contributed by atoms with Gasteiger partial charge >= 0.3 is 0 Å². The zero-order chi connectivity index (χ0) is 18.0. The van der Waals surface area contributed by atoms with Crippen molar-refractivity contribution in [3.63, 3.8) is 0 Å². The van der Waals surface area contributed by atoms with Crippen molar-refractivity contribution in [2.45, 2.75) is 32.8 Å². The number of ether oxygens (including phenoxy) is 1. The van der Waals surface area contributed by atoms with Gasteiger partial charge < -0.3 is 9.64 Å². The Morgan fingerprint density at radius 1 is 1.16 bits per heavy atom. The van der Waals surface area contributed by atoms with Crippen LogP contribution < -0.4 is 4.74 Å². The van der Waals surface area contributed by atoms with Crippen molar-refractivity contribution in [1.82, 2.24) is 14.9 Å². The largest absolute Gasteiger partial charge is 0.474 e. The molecule has 1 saturated heterocycles. The van der Waals surface area contributed by atoms with E-state index in [-0.39, 0.29) is 11.7 Å². The number of carbonyl (C=O) groups is 1. The van der Waals surface area contributed by atoms with E-state index in [0.717, 1.165) is 17.8 Å². The molecule has 1 aliphatic heterocycles. The van der Waals surface area contributed by atoms with Gasteiger partial charge in [0.05, 0.1) is 5.56 Å². The highest BCUT2D eigenvalue weighted by Gasteiger charge is 2.26. The molecule has 0 saturated carbocycles. The van der Waals surface area contributed by atoms with Crippen molar-refractivity contribution >= 4 is 5.91 Å². The monoisotopic (exact) mass is 347 g/mol. The molecule has 0 bridgehead atoms. The fourth-order valence-corrected chi connectivity index (χ4v) is 2.92. The van der Waals surface area contributed by atoms with Gasteiger partial charge in [-0.15, -0.1) is 0 Å². The number of nitrogens with zero attached hydrogens (tertiary/aromatic N) is 3. The lowest BCUT2D eigenvalue weighted by Gasteiger charge is -2.32. The number of piperidine rings is 1. The number of rotatable bonds is 3. The van der Waals surface area contributed by atoms with Gasteiger partial charge in [0.2, 0.25) is 5.88 Å². The molecule has 132 valence electrons. The molecule has 0 N–H and O–H groups in total. The molecular formula is C18H19F2N3O2. The van der Waals surface area contributed by atoms with Crippen LogP contribution in [0.15, 0.2) is 24.3 Å². The van der Waals surface area contributed by atoms with Crippen LogP contribution >= 0.6 is 0 Å². The number of amides is 1. The summed E-state index contributed by atoms with van der Waals surface area (Å²) in [5.74, 6) is -0.787. The topological polar surface area (TPSA) is 55.3 Å². The maximum atomic E-state index is 13.8. The van der Waals surface area contributed by atoms with Crippen LogP contribution in [0.2, 0.25) is 0 Å². The molecule has 3 rings (SSSR count). The molecule has 1 amide bonds. The third-order valence-electron chi connectivity index (χ3n) is 4.12. The smallest absolute Gasteiger partial charge is 0.256 e. The van der Waals surface area contributed by atoms with Gasteiger partial charge in [0.25, 0.3) is 5.91 Å². The summed E-state index contributed by atoms with van der Waals surface area (Å²) in [6, 6.07) is 4.77. The molecule has 0 spiro atoms. The van der Waals surface area contributed by atoms with Crippen molar-refractivity contribution in [2.75, 3.05) is 13.1 Å². The highest BCUT2D eigenvalue weighted by molar-refractivity contribution is 5.94. The fraction of sp³-hybridized carbons (Fsp3) is 0.389. The second-order valence-electron chi connectivity index (χ2n) is 6.13. The van der Waals surface area contributed by atoms with E-state index in [0.29, 0.717) is 37.6 Å². The van der Waals surface area contributed by atoms with Gasteiger partial charge in [-0.25, -0.2) is 13.8 Å². The molecule has 2 heterocycles. The predicted octanol–water partition coefficient (Wildman–Crippen LogP) is 3.06. The molecule has 1 aromatic carbocycles. The number of halogens is 2. The minimum atomic E-state index is -0.838. The van der Waals surface area contributed by atoms with E-state index in [4.69, 9.17) is 4.74 Å². The number of aryl methyl sites for hydroxylation is 2. The number of hydrogen-bond acceptors (Lipinski definition) is 4. The Kier molecular flexibility index (Phi) is 4.92. The summed E-state index contributed by atoms with van der Waals surface area (Å²) < 4.78 is 32.6. The molecule has 0 unspecified atom stereocenters. The average Bonchev–Trinajstić information content (AvgIpc) is 2.54. The Morgan fingerprint density at radius 3 is 2.52 bits per heavy atom. The Bertz CT molecular complexity index is 770. The van der Waals surface area contributed by atoms with E-state index in [1.54, 1.807) is 17.9 Å². The minimum absolute atomic E-state index is 0.0594. The summed E-state index contributed by atoms with van der Waals surface area (Å²) in [5.41, 5.74) is 0.727. The third-order valence-corrected chi connectivity index (χ3v) is 4.12. The van der Waals surface area contributed by atoms with Gasteiger partial charge in [-0.2, -0.15) is 4.98 Å². The van der Waals surface area contributed by atoms with Crippen LogP contribution in [0.3, 0.4) is 0 Å². The first-order valence-corrected chi connectivity index (χ1v) is 8.15. The lowest BCUT2D eigenvalue weighted by atomic mass is 10.1. The Morgan fingerprint density at radius 2 is 1.88 bits per heavy atom. The molecule has 7 heteroatoms. The van der Waals surface area contributed by atoms with Crippen molar-refractivity contribution in [3.8, 4) is 5.88 Å². The SMILES string of the molecule is Cc1cc(OC2CCN(C(=O)c3ccc(F)cc3F)CC2)nc(C)n1. The summed E-state index contributed by atoms with van der Waals surface area (Å²) in [5, 5.41) is 0. The molecule has 1 fully saturated rings. The van der Waals surface area contributed by atoms with Crippen molar-refractivity contribution in [1.29, 1.82) is 0 Å². The van der Waals surface area contributed by atoms with E-state index < -0.39 is 17.5 Å². The Balaban J connectivity index is 1.60. The molecule has 25 heavy (non-hydrogen) atoms. The predicted molar refractivity (Wildman–Crippen MR) is 87.4 cm³/mol. The van der Waals surface area contributed by atoms with E-state index in [9.17, 15) is 13.6 Å². The van der Waals surface area contributed by atoms with Crippen molar-refractivity contribution < 1.29 is 18.3 Å². The summed E-state index contributed by atoms with van der Waals surface area (Å²) in [4.78, 5) is 22.4.